The van der Waals surface area contributed by atoms with Crippen LogP contribution < -0.4 is 10.6 Å². The highest BCUT2D eigenvalue weighted by Crippen LogP contribution is 2.17. The standard InChI is InChI=1S/C20H26N6S/c1-15(2)18-14-27-19(25-18)13-23-20(21-3)22-11-9-16-5-7-17(8-6-16)26-12-4-10-24-26/h4-8,10,12,14-15H,9,11,13H2,1-3H3,(H2,21,22,23). The molecule has 3 aromatic rings. The third kappa shape index (κ3) is 5.40. The highest BCUT2D eigenvalue weighted by Gasteiger charge is 2.06. The van der Waals surface area contributed by atoms with Crippen LogP contribution in [0, 0.1) is 0 Å². The summed E-state index contributed by atoms with van der Waals surface area (Å²) >= 11 is 1.69. The van der Waals surface area contributed by atoms with E-state index in [2.05, 4.69) is 69.2 Å². The van der Waals surface area contributed by atoms with E-state index in [0.29, 0.717) is 12.5 Å². The van der Waals surface area contributed by atoms with Crippen molar-refractivity contribution >= 4 is 17.3 Å². The summed E-state index contributed by atoms with van der Waals surface area (Å²) in [6, 6.07) is 10.4. The molecular formula is C20H26N6S. The van der Waals surface area contributed by atoms with Crippen molar-refractivity contribution in [2.75, 3.05) is 13.6 Å². The van der Waals surface area contributed by atoms with Gasteiger partial charge < -0.3 is 10.6 Å². The van der Waals surface area contributed by atoms with Crippen molar-refractivity contribution in [1.29, 1.82) is 0 Å². The Morgan fingerprint density at radius 3 is 2.67 bits per heavy atom. The predicted molar refractivity (Wildman–Crippen MR) is 112 cm³/mol. The minimum Gasteiger partial charge on any atom is -0.356 e. The lowest BCUT2D eigenvalue weighted by Gasteiger charge is -2.11. The molecule has 2 heterocycles. The number of hydrogen-bond donors (Lipinski definition) is 2. The normalized spacial score (nSPS) is 11.8. The van der Waals surface area contributed by atoms with E-state index in [1.54, 1.807) is 24.6 Å². The molecule has 1 aromatic carbocycles. The lowest BCUT2D eigenvalue weighted by atomic mass is 10.1. The Morgan fingerprint density at radius 2 is 2.04 bits per heavy atom. The zero-order chi connectivity index (χ0) is 19.1. The van der Waals surface area contributed by atoms with Crippen molar-refractivity contribution in [3.63, 3.8) is 0 Å². The molecule has 0 aliphatic rings. The molecule has 0 fully saturated rings. The van der Waals surface area contributed by atoms with Crippen LogP contribution in [0.5, 0.6) is 0 Å². The van der Waals surface area contributed by atoms with E-state index in [9.17, 15) is 0 Å². The van der Waals surface area contributed by atoms with Gasteiger partial charge >= 0.3 is 0 Å². The Morgan fingerprint density at radius 1 is 1.22 bits per heavy atom. The number of thiazole rings is 1. The Bertz CT molecular complexity index is 849. The molecule has 0 aliphatic carbocycles. The molecule has 0 spiro atoms. The number of guanidine groups is 1. The lowest BCUT2D eigenvalue weighted by molar-refractivity contribution is 0.778. The van der Waals surface area contributed by atoms with Gasteiger partial charge in [-0.05, 0) is 36.1 Å². The second-order valence-corrected chi connectivity index (χ2v) is 7.48. The summed E-state index contributed by atoms with van der Waals surface area (Å²) in [6.07, 6.45) is 4.65. The van der Waals surface area contributed by atoms with Gasteiger partial charge in [0.05, 0.1) is 17.9 Å². The number of nitrogens with one attached hydrogen (secondary N) is 2. The first-order chi connectivity index (χ1) is 13.2. The van der Waals surface area contributed by atoms with Gasteiger partial charge in [0.1, 0.15) is 5.01 Å². The molecule has 0 saturated heterocycles. The molecule has 27 heavy (non-hydrogen) atoms. The topological polar surface area (TPSA) is 67.1 Å². The van der Waals surface area contributed by atoms with E-state index in [1.165, 1.54) is 5.56 Å². The van der Waals surface area contributed by atoms with Crippen molar-refractivity contribution in [1.82, 2.24) is 25.4 Å². The molecule has 2 aromatic heterocycles. The van der Waals surface area contributed by atoms with E-state index < -0.39 is 0 Å². The first kappa shape index (κ1) is 19.1. The highest BCUT2D eigenvalue weighted by molar-refractivity contribution is 7.09. The van der Waals surface area contributed by atoms with Crippen LogP contribution in [0.3, 0.4) is 0 Å². The molecule has 3 rings (SSSR count). The van der Waals surface area contributed by atoms with Crippen LogP contribution in [0.1, 0.15) is 36.0 Å². The summed E-state index contributed by atoms with van der Waals surface area (Å²) in [5, 5.41) is 14.1. The first-order valence-corrected chi connectivity index (χ1v) is 10.0. The summed E-state index contributed by atoms with van der Waals surface area (Å²) in [7, 11) is 1.79. The van der Waals surface area contributed by atoms with Gasteiger partial charge in [-0.2, -0.15) is 5.10 Å². The predicted octanol–water partition coefficient (Wildman–Crippen LogP) is 3.36. The summed E-state index contributed by atoms with van der Waals surface area (Å²) in [6.45, 7) is 5.83. The average molecular weight is 383 g/mol. The third-order valence-electron chi connectivity index (χ3n) is 4.20. The van der Waals surface area contributed by atoms with Gasteiger partial charge in [-0.25, -0.2) is 9.67 Å². The summed E-state index contributed by atoms with van der Waals surface area (Å²) in [5.41, 5.74) is 3.49. The second kappa shape index (κ2) is 9.32. The van der Waals surface area contributed by atoms with Crippen molar-refractivity contribution in [3.8, 4) is 5.69 Å². The van der Waals surface area contributed by atoms with Crippen LogP contribution in [0.2, 0.25) is 0 Å². The maximum atomic E-state index is 4.64. The minimum atomic E-state index is 0.465. The molecule has 7 heteroatoms. The van der Waals surface area contributed by atoms with E-state index in [-0.39, 0.29) is 0 Å². The van der Waals surface area contributed by atoms with Crippen molar-refractivity contribution in [2.24, 2.45) is 4.99 Å². The number of rotatable bonds is 7. The Labute approximate surface area is 164 Å². The third-order valence-corrected chi connectivity index (χ3v) is 5.07. The van der Waals surface area contributed by atoms with Crippen LogP contribution in [0.15, 0.2) is 53.1 Å². The van der Waals surface area contributed by atoms with Crippen LogP contribution in [0.4, 0.5) is 0 Å². The van der Waals surface area contributed by atoms with E-state index in [4.69, 9.17) is 0 Å². The molecule has 0 bridgehead atoms. The quantitative estimate of drug-likeness (QED) is 0.486. The Kier molecular flexibility index (Phi) is 6.59. The number of hydrogen-bond acceptors (Lipinski definition) is 4. The van der Waals surface area contributed by atoms with Crippen LogP contribution in [0.25, 0.3) is 5.69 Å². The van der Waals surface area contributed by atoms with Gasteiger partial charge in [0, 0.05) is 31.4 Å². The molecule has 6 nitrogen and oxygen atoms in total. The number of aromatic nitrogens is 3. The van der Waals surface area contributed by atoms with Gasteiger partial charge in [0.15, 0.2) is 5.96 Å². The van der Waals surface area contributed by atoms with Gasteiger partial charge in [0.25, 0.3) is 0 Å². The highest BCUT2D eigenvalue weighted by atomic mass is 32.1. The number of nitrogens with zero attached hydrogens (tertiary/aromatic N) is 4. The zero-order valence-electron chi connectivity index (χ0n) is 16.0. The van der Waals surface area contributed by atoms with Crippen LogP contribution in [-0.2, 0) is 13.0 Å². The van der Waals surface area contributed by atoms with Gasteiger partial charge in [-0.15, -0.1) is 11.3 Å². The molecule has 0 aliphatic heterocycles. The Balaban J connectivity index is 1.44. The number of benzene rings is 1. The molecular weight excluding hydrogens is 356 g/mol. The summed E-state index contributed by atoms with van der Waals surface area (Å²) in [5.74, 6) is 1.26. The second-order valence-electron chi connectivity index (χ2n) is 6.54. The maximum absolute atomic E-state index is 4.64. The van der Waals surface area contributed by atoms with E-state index in [1.807, 2.05) is 16.9 Å². The SMILES string of the molecule is CN=C(NCCc1ccc(-n2cccn2)cc1)NCc1nc(C(C)C)cs1. The largest absolute Gasteiger partial charge is 0.356 e. The molecule has 0 saturated carbocycles. The molecule has 0 amide bonds. The fourth-order valence-corrected chi connectivity index (χ4v) is 3.51. The monoisotopic (exact) mass is 382 g/mol. The molecule has 0 radical (unpaired) electrons. The van der Waals surface area contributed by atoms with E-state index in [0.717, 1.165) is 35.3 Å². The molecule has 0 unspecified atom stereocenters. The van der Waals surface area contributed by atoms with Gasteiger partial charge in [-0.1, -0.05) is 26.0 Å². The van der Waals surface area contributed by atoms with Crippen LogP contribution in [-0.4, -0.2) is 34.3 Å². The summed E-state index contributed by atoms with van der Waals surface area (Å²) < 4.78 is 1.86. The molecule has 142 valence electrons. The van der Waals surface area contributed by atoms with Crippen molar-refractivity contribution < 1.29 is 0 Å². The average Bonchev–Trinajstić information content (AvgIpc) is 3.37. The first-order valence-electron chi connectivity index (χ1n) is 9.13. The number of aliphatic imine (C=N–C) groups is 1. The minimum absolute atomic E-state index is 0.465. The van der Waals surface area contributed by atoms with E-state index >= 15 is 0 Å². The lowest BCUT2D eigenvalue weighted by Crippen LogP contribution is -2.37. The van der Waals surface area contributed by atoms with Crippen molar-refractivity contribution in [2.45, 2.75) is 32.7 Å². The summed E-state index contributed by atoms with van der Waals surface area (Å²) in [4.78, 5) is 8.92. The fraction of sp³-hybridized carbons (Fsp3) is 0.350. The fourth-order valence-electron chi connectivity index (χ4n) is 2.61. The molecule has 0 atom stereocenters. The van der Waals surface area contributed by atoms with Gasteiger partial charge in [-0.3, -0.25) is 4.99 Å². The maximum Gasteiger partial charge on any atom is 0.191 e. The zero-order valence-corrected chi connectivity index (χ0v) is 16.8. The smallest absolute Gasteiger partial charge is 0.191 e. The van der Waals surface area contributed by atoms with Crippen molar-refractivity contribution in [3.05, 3.63) is 64.4 Å². The molecule has 2 N–H and O–H groups in total. The van der Waals surface area contributed by atoms with Crippen LogP contribution >= 0.6 is 11.3 Å². The Hall–Kier alpha value is -2.67. The van der Waals surface area contributed by atoms with Gasteiger partial charge in [0.2, 0.25) is 0 Å².